The van der Waals surface area contributed by atoms with E-state index in [0.29, 0.717) is 17.4 Å². The van der Waals surface area contributed by atoms with E-state index in [1.165, 1.54) is 302 Å². The van der Waals surface area contributed by atoms with Gasteiger partial charge in [-0.15, -0.1) is 0 Å². The molecule has 2 unspecified atom stereocenters. The maximum Gasteiger partial charge on any atom is 0.306 e. The van der Waals surface area contributed by atoms with Crippen molar-refractivity contribution < 1.29 is 42.1 Å². The minimum atomic E-state index is -4.65. The van der Waals surface area contributed by atoms with Gasteiger partial charge in [0.2, 0.25) is 0 Å². The summed E-state index contributed by atoms with van der Waals surface area (Å²) in [6.45, 7) is 4.19. The smallest absolute Gasteiger partial charge is 0.306 e. The number of likely N-dealkylation sites (N-methyl/N-ethyl adjacent to an activating group) is 1. The number of phosphoric acid groups is 1. The first kappa shape index (κ1) is 96.2. The predicted molar refractivity (Wildman–Crippen MR) is 429 cm³/mol. The third kappa shape index (κ3) is 84.0. The fourth-order valence-corrected chi connectivity index (χ4v) is 13.4. The lowest BCUT2D eigenvalue weighted by Crippen LogP contribution is -2.37. The highest BCUT2D eigenvalue weighted by Gasteiger charge is 2.22. The third-order valence-electron chi connectivity index (χ3n) is 19.2. The molecule has 0 N–H and O–H groups in total. The second kappa shape index (κ2) is 79.3. The number of hydrogen-bond donors (Lipinski definition) is 0. The van der Waals surface area contributed by atoms with Crippen molar-refractivity contribution in [3.05, 3.63) is 85.1 Å². The maximum atomic E-state index is 12.9. The van der Waals surface area contributed by atoms with Crippen molar-refractivity contribution in [2.75, 3.05) is 47.5 Å². The molecule has 578 valence electrons. The largest absolute Gasteiger partial charge is 0.756 e. The van der Waals surface area contributed by atoms with Gasteiger partial charge in [0, 0.05) is 12.8 Å². The maximum absolute atomic E-state index is 12.9. The van der Waals surface area contributed by atoms with E-state index >= 15 is 0 Å². The predicted octanol–water partition coefficient (Wildman–Crippen LogP) is 28.2. The summed E-state index contributed by atoms with van der Waals surface area (Å²) in [6, 6.07) is 0. The Bertz CT molecular complexity index is 1950. The normalized spacial score (nSPS) is 13.4. The van der Waals surface area contributed by atoms with Gasteiger partial charge in [0.05, 0.1) is 27.7 Å². The molecule has 0 saturated carbocycles. The number of ether oxygens (including phenoxy) is 2. The van der Waals surface area contributed by atoms with Gasteiger partial charge in [-0.2, -0.15) is 0 Å². The highest BCUT2D eigenvalue weighted by atomic mass is 31.2. The number of nitrogens with zero attached hydrogens (tertiary/aromatic N) is 1. The zero-order valence-corrected chi connectivity index (χ0v) is 67.1. The van der Waals surface area contributed by atoms with Gasteiger partial charge in [0.1, 0.15) is 19.8 Å². The second-order valence-corrected chi connectivity index (χ2v) is 31.6. The Balaban J connectivity index is 3.90. The molecule has 0 aromatic heterocycles. The Hall–Kier alpha value is -2.81. The fraction of sp³-hybridized carbons (Fsp3) is 0.820. The summed E-state index contributed by atoms with van der Waals surface area (Å²) in [6.07, 6.45) is 110. The van der Waals surface area contributed by atoms with Gasteiger partial charge in [0.25, 0.3) is 7.82 Å². The molecule has 9 nitrogen and oxygen atoms in total. The zero-order chi connectivity index (χ0) is 71.8. The molecule has 2 atom stereocenters. The molecule has 0 bridgehead atoms. The number of carbonyl (C=O) groups is 2. The summed E-state index contributed by atoms with van der Waals surface area (Å²) in [5.41, 5.74) is 0. The molecule has 0 saturated heterocycles. The first-order chi connectivity index (χ1) is 48.5. The number of carbonyl (C=O) groups excluding carboxylic acids is 2. The Kier molecular flexibility index (Phi) is 77.1. The molecule has 0 fully saturated rings. The summed E-state index contributed by atoms with van der Waals surface area (Å²) in [7, 11) is 1.18. The minimum Gasteiger partial charge on any atom is -0.756 e. The summed E-state index contributed by atoms with van der Waals surface area (Å²) >= 11 is 0. The van der Waals surface area contributed by atoms with Crippen molar-refractivity contribution in [3.63, 3.8) is 0 Å². The van der Waals surface area contributed by atoms with E-state index in [9.17, 15) is 19.0 Å². The molecule has 0 spiro atoms. The van der Waals surface area contributed by atoms with E-state index < -0.39 is 26.5 Å². The van der Waals surface area contributed by atoms with Crippen molar-refractivity contribution in [3.8, 4) is 0 Å². The summed E-state index contributed by atoms with van der Waals surface area (Å²) in [5.74, 6) is -0.815. The summed E-state index contributed by atoms with van der Waals surface area (Å²) < 4.78 is 34.5. The minimum absolute atomic E-state index is 0.0306. The number of allylic oxidation sites excluding steroid dienone is 14. The number of hydrogen-bond acceptors (Lipinski definition) is 8. The van der Waals surface area contributed by atoms with Crippen molar-refractivity contribution in [2.45, 2.75) is 424 Å². The molecule has 0 heterocycles. The molecule has 0 aliphatic rings. The molecule has 0 rings (SSSR count). The van der Waals surface area contributed by atoms with Gasteiger partial charge >= 0.3 is 11.9 Å². The van der Waals surface area contributed by atoms with Gasteiger partial charge in [-0.25, -0.2) is 0 Å². The van der Waals surface area contributed by atoms with Gasteiger partial charge in [-0.1, -0.05) is 420 Å². The molecular formula is C89H164NO8P. The van der Waals surface area contributed by atoms with Crippen LogP contribution in [0.4, 0.5) is 0 Å². The standard InChI is InChI=1S/C89H164NO8P/c1-6-8-10-12-14-16-18-20-22-24-26-28-30-32-34-36-38-40-42-44-46-47-49-51-53-55-57-59-61-63-65-67-69-71-73-75-77-79-81-88(91)95-85-87(86-97-99(93,94)96-84-83-90(3,4)5)98-89(92)82-80-78-76-74-72-70-68-66-64-62-60-58-56-54-52-50-48-45-43-41-39-37-35-33-31-29-27-25-23-21-19-17-15-13-11-9-7-2/h9,11,15,17,21,23,27,29,33,35,39,41,45,48,87H,6-8,10,12-14,16,18-20,22,24-26,28,30-32,34,36-38,40,42-44,46-47,49-86H2,1-5H3/b11-9-,17-15-,23-21-,29-27-,35-33-,41-39-,48-45-. The van der Waals surface area contributed by atoms with Crippen LogP contribution in [0.1, 0.15) is 418 Å². The van der Waals surface area contributed by atoms with Crippen LogP contribution in [0.15, 0.2) is 85.1 Å². The van der Waals surface area contributed by atoms with Gasteiger partial charge in [-0.3, -0.25) is 14.2 Å². The van der Waals surface area contributed by atoms with Crippen LogP contribution in [0, 0.1) is 0 Å². The van der Waals surface area contributed by atoms with Crippen LogP contribution in [-0.2, 0) is 32.7 Å². The van der Waals surface area contributed by atoms with E-state index in [1.807, 2.05) is 21.1 Å². The number of quaternary nitrogens is 1. The Morgan fingerprint density at radius 1 is 0.323 bits per heavy atom. The van der Waals surface area contributed by atoms with Crippen LogP contribution >= 0.6 is 7.82 Å². The third-order valence-corrected chi connectivity index (χ3v) is 20.1. The second-order valence-electron chi connectivity index (χ2n) is 30.2. The molecule has 0 aromatic rings. The Labute approximate surface area is 615 Å². The summed E-state index contributed by atoms with van der Waals surface area (Å²) in [4.78, 5) is 38.2. The van der Waals surface area contributed by atoms with E-state index in [-0.39, 0.29) is 32.0 Å². The van der Waals surface area contributed by atoms with Crippen LogP contribution in [0.25, 0.3) is 0 Å². The van der Waals surface area contributed by atoms with Gasteiger partial charge in [0.15, 0.2) is 6.10 Å². The van der Waals surface area contributed by atoms with E-state index in [0.717, 1.165) is 83.5 Å². The van der Waals surface area contributed by atoms with Crippen LogP contribution < -0.4 is 4.89 Å². The fourth-order valence-electron chi connectivity index (χ4n) is 12.7. The molecule has 99 heavy (non-hydrogen) atoms. The van der Waals surface area contributed by atoms with Crippen molar-refractivity contribution in [1.29, 1.82) is 0 Å². The van der Waals surface area contributed by atoms with Crippen LogP contribution in [0.2, 0.25) is 0 Å². The average molecular weight is 1410 g/mol. The van der Waals surface area contributed by atoms with Crippen LogP contribution in [0.5, 0.6) is 0 Å². The van der Waals surface area contributed by atoms with E-state index in [2.05, 4.69) is 98.9 Å². The summed E-state index contributed by atoms with van der Waals surface area (Å²) in [5, 5.41) is 0. The van der Waals surface area contributed by atoms with Crippen LogP contribution in [-0.4, -0.2) is 70.0 Å². The average Bonchev–Trinajstić information content (AvgIpc) is 0.999. The van der Waals surface area contributed by atoms with Crippen molar-refractivity contribution in [2.24, 2.45) is 0 Å². The lowest BCUT2D eigenvalue weighted by atomic mass is 10.0. The van der Waals surface area contributed by atoms with Gasteiger partial charge < -0.3 is 27.9 Å². The SMILES string of the molecule is CC/C=C\C/C=C\C/C=C\C/C=C\C/C=C\C/C=C\C/C=C\CCCCCCCCCCCCCCCCCC(=O)OC(COC(=O)CCCCCCCCCCCCCCCCCCCCCCCCCCCCCCCCCCCCCCCC)COP(=O)([O-])OCC[N+](C)(C)C. The first-order valence-electron chi connectivity index (χ1n) is 42.8. The molecule has 0 amide bonds. The molecular weight excluding hydrogens is 1240 g/mol. The van der Waals surface area contributed by atoms with Crippen molar-refractivity contribution >= 4 is 19.8 Å². The molecule has 0 aliphatic heterocycles. The highest BCUT2D eigenvalue weighted by Crippen LogP contribution is 2.38. The molecule has 0 aromatic carbocycles. The van der Waals surface area contributed by atoms with Crippen LogP contribution in [0.3, 0.4) is 0 Å². The Morgan fingerprint density at radius 2 is 0.576 bits per heavy atom. The van der Waals surface area contributed by atoms with E-state index in [4.69, 9.17) is 18.5 Å². The number of esters is 2. The quantitative estimate of drug-likeness (QED) is 0.0195. The van der Waals surface area contributed by atoms with Gasteiger partial charge in [-0.05, 0) is 70.6 Å². The number of phosphoric ester groups is 1. The van der Waals surface area contributed by atoms with Crippen molar-refractivity contribution in [1.82, 2.24) is 0 Å². The molecule has 0 aliphatic carbocycles. The molecule has 10 heteroatoms. The Morgan fingerprint density at radius 3 is 0.859 bits per heavy atom. The highest BCUT2D eigenvalue weighted by molar-refractivity contribution is 7.45. The topological polar surface area (TPSA) is 111 Å². The first-order valence-corrected chi connectivity index (χ1v) is 44.3. The molecule has 0 radical (unpaired) electrons. The lowest BCUT2D eigenvalue weighted by Gasteiger charge is -2.28. The lowest BCUT2D eigenvalue weighted by molar-refractivity contribution is -0.870. The number of unbranched alkanes of at least 4 members (excludes halogenated alkanes) is 52. The van der Waals surface area contributed by atoms with E-state index in [1.54, 1.807) is 0 Å². The monoisotopic (exact) mass is 1410 g/mol. The number of rotatable bonds is 80. The zero-order valence-electron chi connectivity index (χ0n) is 66.2.